The van der Waals surface area contributed by atoms with Gasteiger partial charge in [0.15, 0.2) is 0 Å². The van der Waals surface area contributed by atoms with Crippen LogP contribution in [0.25, 0.3) is 5.76 Å². The van der Waals surface area contributed by atoms with E-state index in [-0.39, 0.29) is 11.3 Å². The van der Waals surface area contributed by atoms with Gasteiger partial charge in [0.05, 0.1) is 11.6 Å². The fourth-order valence-corrected chi connectivity index (χ4v) is 4.66. The lowest BCUT2D eigenvalue weighted by Crippen LogP contribution is -2.30. The Labute approximate surface area is 189 Å². The number of amides is 1. The van der Waals surface area contributed by atoms with E-state index in [1.165, 1.54) is 17.5 Å². The number of likely N-dealkylation sites (tertiary alicyclic amines) is 1. The first kappa shape index (κ1) is 21.9. The second kappa shape index (κ2) is 9.43. The molecule has 1 N–H and O–H groups in total. The predicted molar refractivity (Wildman–Crippen MR) is 125 cm³/mol. The highest BCUT2D eigenvalue weighted by molar-refractivity contribution is 6.46. The van der Waals surface area contributed by atoms with Crippen molar-refractivity contribution in [1.82, 2.24) is 4.90 Å². The van der Waals surface area contributed by atoms with Gasteiger partial charge in [0, 0.05) is 12.1 Å². The Morgan fingerprint density at radius 3 is 2.69 bits per heavy atom. The van der Waals surface area contributed by atoms with Crippen LogP contribution in [0.3, 0.4) is 0 Å². The number of Topliss-reactive ketones (excluding diaryl/α,β-unsaturated/α-hetero) is 1. The minimum absolute atomic E-state index is 0.113. The van der Waals surface area contributed by atoms with E-state index >= 15 is 0 Å². The minimum Gasteiger partial charge on any atom is -0.507 e. The summed E-state index contributed by atoms with van der Waals surface area (Å²) in [5.74, 6) is -0.708. The number of fused-ring (bicyclic) bond motifs is 1. The van der Waals surface area contributed by atoms with Gasteiger partial charge in [0.25, 0.3) is 11.7 Å². The van der Waals surface area contributed by atoms with Crippen molar-refractivity contribution in [3.05, 3.63) is 82.9 Å². The molecule has 1 aliphatic carbocycles. The third-order valence-corrected chi connectivity index (χ3v) is 6.17. The van der Waals surface area contributed by atoms with E-state index in [1.54, 1.807) is 11.0 Å². The van der Waals surface area contributed by atoms with Gasteiger partial charge in [-0.05, 0) is 67.0 Å². The summed E-state index contributed by atoms with van der Waals surface area (Å²) in [4.78, 5) is 27.5. The fourth-order valence-electron chi connectivity index (χ4n) is 4.66. The molecule has 166 valence electrons. The number of rotatable bonds is 7. The lowest BCUT2D eigenvalue weighted by molar-refractivity contribution is -0.139. The molecule has 0 bridgehead atoms. The highest BCUT2D eigenvalue weighted by atomic mass is 16.5. The molecule has 0 saturated carbocycles. The number of hydrogen-bond donors (Lipinski definition) is 1. The maximum Gasteiger partial charge on any atom is 0.295 e. The van der Waals surface area contributed by atoms with E-state index < -0.39 is 17.7 Å². The Morgan fingerprint density at radius 2 is 1.94 bits per heavy atom. The van der Waals surface area contributed by atoms with Crippen LogP contribution in [0.15, 0.2) is 60.7 Å². The number of benzene rings is 2. The van der Waals surface area contributed by atoms with Crippen LogP contribution in [0, 0.1) is 0 Å². The number of hydrogen-bond acceptors (Lipinski definition) is 4. The highest BCUT2D eigenvalue weighted by Crippen LogP contribution is 2.40. The van der Waals surface area contributed by atoms with Crippen molar-refractivity contribution in [2.45, 2.75) is 45.1 Å². The summed E-state index contributed by atoms with van der Waals surface area (Å²) in [6.07, 6.45) is 6.66. The van der Waals surface area contributed by atoms with Gasteiger partial charge in [-0.2, -0.15) is 0 Å². The van der Waals surface area contributed by atoms with Crippen molar-refractivity contribution < 1.29 is 19.4 Å². The number of ether oxygens (including phenoxy) is 1. The summed E-state index contributed by atoms with van der Waals surface area (Å²) in [7, 11) is 0. The van der Waals surface area contributed by atoms with E-state index in [4.69, 9.17) is 4.74 Å². The zero-order valence-corrected chi connectivity index (χ0v) is 18.5. The quantitative estimate of drug-likeness (QED) is 0.291. The van der Waals surface area contributed by atoms with Crippen LogP contribution in [-0.4, -0.2) is 34.8 Å². The first-order valence-corrected chi connectivity index (χ1v) is 11.3. The Balaban J connectivity index is 1.82. The topological polar surface area (TPSA) is 66.8 Å². The SMILES string of the molecule is C=CCOc1cccc(C2/C(=C(/O)c3ccc4c(c3)CCCC4)C(=O)C(=O)N2CCC)c1. The molecule has 2 aliphatic rings. The van der Waals surface area contributed by atoms with Gasteiger partial charge in [-0.3, -0.25) is 9.59 Å². The standard InChI is InChI=1S/C27H29NO4/c1-3-14-28-24(20-10-7-11-22(17-20)32-15-4-2)23(26(30)27(28)31)25(29)21-13-12-18-8-5-6-9-19(18)16-21/h4,7,10-13,16-17,24,29H,2-3,5-6,8-9,14-15H2,1H3/b25-23-. The zero-order valence-electron chi connectivity index (χ0n) is 18.5. The Bertz CT molecular complexity index is 1080. The summed E-state index contributed by atoms with van der Waals surface area (Å²) in [6, 6.07) is 12.5. The molecule has 1 unspecified atom stereocenters. The third-order valence-electron chi connectivity index (χ3n) is 6.17. The normalized spacial score (nSPS) is 19.7. The van der Waals surface area contributed by atoms with Crippen molar-refractivity contribution in [1.29, 1.82) is 0 Å². The van der Waals surface area contributed by atoms with Crippen molar-refractivity contribution in [3.8, 4) is 5.75 Å². The average molecular weight is 432 g/mol. The first-order valence-electron chi connectivity index (χ1n) is 11.3. The van der Waals surface area contributed by atoms with Crippen molar-refractivity contribution in [2.24, 2.45) is 0 Å². The molecule has 1 amide bonds. The molecule has 1 fully saturated rings. The molecule has 1 saturated heterocycles. The molecule has 0 aromatic heterocycles. The first-order chi connectivity index (χ1) is 15.5. The Morgan fingerprint density at radius 1 is 1.16 bits per heavy atom. The maximum atomic E-state index is 13.1. The fraction of sp³-hybridized carbons (Fsp3) is 0.333. The van der Waals surface area contributed by atoms with Crippen LogP contribution < -0.4 is 4.74 Å². The molecule has 5 nitrogen and oxygen atoms in total. The third kappa shape index (κ3) is 4.07. The zero-order chi connectivity index (χ0) is 22.7. The van der Waals surface area contributed by atoms with Gasteiger partial charge < -0.3 is 14.7 Å². The lowest BCUT2D eigenvalue weighted by atomic mass is 9.88. The van der Waals surface area contributed by atoms with Crippen molar-refractivity contribution in [3.63, 3.8) is 0 Å². The van der Waals surface area contributed by atoms with Crippen molar-refractivity contribution >= 4 is 17.4 Å². The molecule has 32 heavy (non-hydrogen) atoms. The summed E-state index contributed by atoms with van der Waals surface area (Å²) in [6.45, 7) is 6.41. The molecule has 1 aliphatic heterocycles. The molecule has 0 spiro atoms. The molecule has 4 rings (SSSR count). The Hall–Kier alpha value is -3.34. The van der Waals surface area contributed by atoms with Gasteiger partial charge in [0.2, 0.25) is 0 Å². The number of carbonyl (C=O) groups excluding carboxylic acids is 2. The van der Waals surface area contributed by atoms with Crippen LogP contribution in [-0.2, 0) is 22.4 Å². The number of ketones is 1. The average Bonchev–Trinajstić information content (AvgIpc) is 3.07. The second-order valence-corrected chi connectivity index (χ2v) is 8.36. The molecule has 2 aromatic rings. The molecule has 5 heteroatoms. The van der Waals surface area contributed by atoms with Crippen LogP contribution in [0.4, 0.5) is 0 Å². The molecular formula is C27H29NO4. The van der Waals surface area contributed by atoms with Crippen LogP contribution >= 0.6 is 0 Å². The number of carbonyl (C=O) groups is 2. The Kier molecular flexibility index (Phi) is 6.45. The van der Waals surface area contributed by atoms with E-state index in [9.17, 15) is 14.7 Å². The summed E-state index contributed by atoms with van der Waals surface area (Å²) in [5, 5.41) is 11.3. The smallest absolute Gasteiger partial charge is 0.295 e. The molecule has 1 atom stereocenters. The molecule has 0 radical (unpaired) electrons. The minimum atomic E-state index is -0.654. The summed E-state index contributed by atoms with van der Waals surface area (Å²) < 4.78 is 5.66. The highest BCUT2D eigenvalue weighted by Gasteiger charge is 2.45. The predicted octanol–water partition coefficient (Wildman–Crippen LogP) is 4.96. The van der Waals surface area contributed by atoms with E-state index in [0.717, 1.165) is 24.8 Å². The number of aliphatic hydroxyl groups excluding tert-OH is 1. The second-order valence-electron chi connectivity index (χ2n) is 8.36. The van der Waals surface area contributed by atoms with Gasteiger partial charge in [-0.15, -0.1) is 0 Å². The monoisotopic (exact) mass is 431 g/mol. The van der Waals surface area contributed by atoms with Gasteiger partial charge in [-0.1, -0.05) is 43.8 Å². The summed E-state index contributed by atoms with van der Waals surface area (Å²) >= 11 is 0. The summed E-state index contributed by atoms with van der Waals surface area (Å²) in [5.41, 5.74) is 3.96. The van der Waals surface area contributed by atoms with Crippen LogP contribution in [0.1, 0.15) is 54.5 Å². The van der Waals surface area contributed by atoms with Crippen LogP contribution in [0.2, 0.25) is 0 Å². The van der Waals surface area contributed by atoms with E-state index in [2.05, 4.69) is 6.58 Å². The number of nitrogens with zero attached hydrogens (tertiary/aromatic N) is 1. The van der Waals surface area contributed by atoms with Crippen LogP contribution in [0.5, 0.6) is 5.75 Å². The molecular weight excluding hydrogens is 402 g/mol. The van der Waals surface area contributed by atoms with Gasteiger partial charge in [-0.25, -0.2) is 0 Å². The maximum absolute atomic E-state index is 13.1. The number of aliphatic hydroxyl groups is 1. The molecule has 2 aromatic carbocycles. The van der Waals surface area contributed by atoms with Crippen molar-refractivity contribution in [2.75, 3.05) is 13.2 Å². The van der Waals surface area contributed by atoms with E-state index in [0.29, 0.717) is 30.9 Å². The number of aryl methyl sites for hydroxylation is 2. The van der Waals surface area contributed by atoms with E-state index in [1.807, 2.05) is 49.4 Å². The molecule has 1 heterocycles. The van der Waals surface area contributed by atoms with Gasteiger partial charge >= 0.3 is 0 Å². The largest absolute Gasteiger partial charge is 0.507 e. The van der Waals surface area contributed by atoms with Gasteiger partial charge in [0.1, 0.15) is 18.1 Å². The lowest BCUT2D eigenvalue weighted by Gasteiger charge is -2.25.